The van der Waals surface area contributed by atoms with Crippen LogP contribution in [0.15, 0.2) is 73.1 Å². The van der Waals surface area contributed by atoms with Crippen molar-refractivity contribution in [2.24, 2.45) is 0 Å². The van der Waals surface area contributed by atoms with Crippen LogP contribution in [0.2, 0.25) is 0 Å². The summed E-state index contributed by atoms with van der Waals surface area (Å²) in [4.78, 5) is 6.98. The first kappa shape index (κ1) is 22.3. The Morgan fingerprint density at radius 3 is 1.47 bits per heavy atom. The van der Waals surface area contributed by atoms with Crippen molar-refractivity contribution in [2.75, 3.05) is 0 Å². The predicted molar refractivity (Wildman–Crippen MR) is 143 cm³/mol. The number of aromatic hydroxyl groups is 1. The summed E-state index contributed by atoms with van der Waals surface area (Å²) in [7, 11) is 0. The van der Waals surface area contributed by atoms with Crippen molar-refractivity contribution in [3.8, 4) is 5.75 Å². The summed E-state index contributed by atoms with van der Waals surface area (Å²) in [5, 5.41) is 13.8. The van der Waals surface area contributed by atoms with Gasteiger partial charge in [0.25, 0.3) is 0 Å². The van der Waals surface area contributed by atoms with Gasteiger partial charge in [0, 0.05) is 40.1 Å². The van der Waals surface area contributed by atoms with E-state index in [9.17, 15) is 5.11 Å². The third-order valence-electron chi connectivity index (χ3n) is 6.95. The second-order valence-electron chi connectivity index (χ2n) is 11.5. The van der Waals surface area contributed by atoms with E-state index in [1.165, 1.54) is 27.5 Å². The maximum atomic E-state index is 11.4. The molecule has 5 rings (SSSR count). The summed E-state index contributed by atoms with van der Waals surface area (Å²) in [6, 6.07) is 21.4. The molecule has 5 aromatic rings. The standard InChI is InChI=1S/C31H34N2O/c1-30(2,3)24-15-19(16-25(29(24)34)31(4,5)6)28(22-17-32-26-13-9-7-11-20(22)26)23-18-33-27-14-10-8-12-21(23)27/h7-18,28,32-34H,1-6H3. The second-order valence-corrected chi connectivity index (χ2v) is 11.5. The van der Waals surface area contributed by atoms with Crippen LogP contribution in [0, 0.1) is 0 Å². The molecule has 34 heavy (non-hydrogen) atoms. The van der Waals surface area contributed by atoms with Gasteiger partial charge < -0.3 is 15.1 Å². The van der Waals surface area contributed by atoms with Crippen molar-refractivity contribution in [3.63, 3.8) is 0 Å². The summed E-state index contributed by atoms with van der Waals surface area (Å²) in [5.74, 6) is 0.426. The number of benzene rings is 3. The molecule has 2 heterocycles. The molecule has 0 spiro atoms. The van der Waals surface area contributed by atoms with Crippen LogP contribution in [-0.4, -0.2) is 15.1 Å². The number of para-hydroxylation sites is 2. The molecule has 3 nitrogen and oxygen atoms in total. The van der Waals surface area contributed by atoms with Crippen LogP contribution in [0.1, 0.15) is 75.3 Å². The number of hydrogen-bond acceptors (Lipinski definition) is 1. The minimum Gasteiger partial charge on any atom is -0.507 e. The molecule has 0 saturated carbocycles. The molecule has 3 aromatic carbocycles. The van der Waals surface area contributed by atoms with Crippen LogP contribution < -0.4 is 0 Å². The molecule has 0 aliphatic heterocycles. The molecule has 0 bridgehead atoms. The normalized spacial score (nSPS) is 12.8. The zero-order chi connectivity index (χ0) is 24.3. The van der Waals surface area contributed by atoms with Crippen LogP contribution in [0.25, 0.3) is 21.8 Å². The fourth-order valence-electron chi connectivity index (χ4n) is 5.16. The molecule has 3 heteroatoms. The van der Waals surface area contributed by atoms with E-state index in [0.29, 0.717) is 5.75 Å². The largest absolute Gasteiger partial charge is 0.507 e. The molecule has 0 saturated heterocycles. The number of aromatic nitrogens is 2. The lowest BCUT2D eigenvalue weighted by Gasteiger charge is -2.30. The molecular formula is C31H34N2O. The quantitative estimate of drug-likeness (QED) is 0.255. The van der Waals surface area contributed by atoms with Crippen LogP contribution in [0.4, 0.5) is 0 Å². The molecule has 0 unspecified atom stereocenters. The van der Waals surface area contributed by atoms with E-state index >= 15 is 0 Å². The van der Waals surface area contributed by atoms with Crippen molar-refractivity contribution in [3.05, 3.63) is 101 Å². The lowest BCUT2D eigenvalue weighted by molar-refractivity contribution is 0.422. The molecular weight excluding hydrogens is 416 g/mol. The van der Waals surface area contributed by atoms with Crippen molar-refractivity contribution in [1.82, 2.24) is 9.97 Å². The molecule has 3 N–H and O–H groups in total. The number of H-pyrrole nitrogens is 2. The monoisotopic (exact) mass is 450 g/mol. The first-order valence-corrected chi connectivity index (χ1v) is 12.1. The number of hydrogen-bond donors (Lipinski definition) is 3. The van der Waals surface area contributed by atoms with E-state index in [1.807, 2.05) is 0 Å². The summed E-state index contributed by atoms with van der Waals surface area (Å²) in [6.07, 6.45) is 4.30. The number of fused-ring (bicyclic) bond motifs is 2. The molecule has 0 aliphatic carbocycles. The summed E-state index contributed by atoms with van der Waals surface area (Å²) in [5.41, 5.74) is 7.54. The molecule has 0 aliphatic rings. The van der Waals surface area contributed by atoms with Crippen LogP contribution >= 0.6 is 0 Å². The highest BCUT2D eigenvalue weighted by molar-refractivity contribution is 5.89. The summed E-state index contributed by atoms with van der Waals surface area (Å²) < 4.78 is 0. The van der Waals surface area contributed by atoms with Crippen molar-refractivity contribution in [2.45, 2.75) is 58.3 Å². The highest BCUT2D eigenvalue weighted by Gasteiger charge is 2.30. The van der Waals surface area contributed by atoms with Crippen LogP contribution in [0.5, 0.6) is 5.75 Å². The Morgan fingerprint density at radius 1 is 0.647 bits per heavy atom. The minimum absolute atomic E-state index is 0.00935. The second kappa shape index (κ2) is 7.80. The number of phenolic OH excluding ortho intramolecular Hbond substituents is 1. The Balaban J connectivity index is 1.87. The number of nitrogens with one attached hydrogen (secondary N) is 2. The van der Waals surface area contributed by atoms with Gasteiger partial charge in [0.2, 0.25) is 0 Å². The Hall–Kier alpha value is -3.46. The third kappa shape index (κ3) is 3.69. The van der Waals surface area contributed by atoms with Gasteiger partial charge in [0.1, 0.15) is 5.75 Å². The summed E-state index contributed by atoms with van der Waals surface area (Å²) in [6.45, 7) is 13.0. The smallest absolute Gasteiger partial charge is 0.123 e. The average molecular weight is 451 g/mol. The van der Waals surface area contributed by atoms with Gasteiger partial charge in [-0.3, -0.25) is 0 Å². The highest BCUT2D eigenvalue weighted by atomic mass is 16.3. The molecule has 2 aromatic heterocycles. The lowest BCUT2D eigenvalue weighted by atomic mass is 9.75. The van der Waals surface area contributed by atoms with Crippen molar-refractivity contribution >= 4 is 21.8 Å². The van der Waals surface area contributed by atoms with Gasteiger partial charge in [-0.2, -0.15) is 0 Å². The van der Waals surface area contributed by atoms with Gasteiger partial charge in [0.05, 0.1) is 0 Å². The SMILES string of the molecule is CC(C)(C)c1cc(C(c2c[nH]c3ccccc23)c2c[nH]c3ccccc23)cc(C(C)(C)C)c1O. The zero-order valence-electron chi connectivity index (χ0n) is 21.0. The molecule has 0 radical (unpaired) electrons. The van der Waals surface area contributed by atoms with Crippen LogP contribution in [0.3, 0.4) is 0 Å². The van der Waals surface area contributed by atoms with Gasteiger partial charge in [-0.25, -0.2) is 0 Å². The maximum Gasteiger partial charge on any atom is 0.123 e. The maximum absolute atomic E-state index is 11.4. The topological polar surface area (TPSA) is 51.8 Å². The van der Waals surface area contributed by atoms with Gasteiger partial charge in [-0.15, -0.1) is 0 Å². The first-order chi connectivity index (χ1) is 16.1. The highest BCUT2D eigenvalue weighted by Crippen LogP contribution is 2.45. The van der Waals surface area contributed by atoms with Gasteiger partial charge >= 0.3 is 0 Å². The third-order valence-corrected chi connectivity index (χ3v) is 6.95. The van der Waals surface area contributed by atoms with E-state index in [0.717, 1.165) is 22.2 Å². The van der Waals surface area contributed by atoms with E-state index in [-0.39, 0.29) is 16.7 Å². The molecule has 0 amide bonds. The van der Waals surface area contributed by atoms with Gasteiger partial charge in [-0.05, 0) is 50.8 Å². The molecule has 174 valence electrons. The first-order valence-electron chi connectivity index (χ1n) is 12.1. The van der Waals surface area contributed by atoms with E-state index < -0.39 is 0 Å². The fraction of sp³-hybridized carbons (Fsp3) is 0.290. The van der Waals surface area contributed by atoms with Gasteiger partial charge in [-0.1, -0.05) is 90.1 Å². The number of aromatic amines is 2. The summed E-state index contributed by atoms with van der Waals surface area (Å²) >= 11 is 0. The van der Waals surface area contributed by atoms with Crippen molar-refractivity contribution in [1.29, 1.82) is 0 Å². The Labute approximate surface area is 201 Å². The predicted octanol–water partition coefficient (Wildman–Crippen LogP) is 8.13. The Morgan fingerprint density at radius 2 is 1.06 bits per heavy atom. The van der Waals surface area contributed by atoms with Gasteiger partial charge in [0.15, 0.2) is 0 Å². The van der Waals surface area contributed by atoms with Crippen LogP contribution in [-0.2, 0) is 10.8 Å². The minimum atomic E-state index is -0.189. The van der Waals surface area contributed by atoms with E-state index in [2.05, 4.69) is 125 Å². The Bertz CT molecular complexity index is 1380. The van der Waals surface area contributed by atoms with E-state index in [1.54, 1.807) is 0 Å². The molecule has 0 atom stereocenters. The average Bonchev–Trinajstić information content (AvgIpc) is 3.39. The van der Waals surface area contributed by atoms with E-state index in [4.69, 9.17) is 0 Å². The Kier molecular flexibility index (Phi) is 5.12. The fourth-order valence-corrected chi connectivity index (χ4v) is 5.16. The zero-order valence-corrected chi connectivity index (χ0v) is 21.0. The lowest BCUT2D eigenvalue weighted by Crippen LogP contribution is -2.19. The van der Waals surface area contributed by atoms with Crippen molar-refractivity contribution < 1.29 is 5.11 Å². The number of rotatable bonds is 3. The number of phenols is 1. The molecule has 0 fully saturated rings.